The van der Waals surface area contributed by atoms with Gasteiger partial charge in [-0.15, -0.1) is 0 Å². The van der Waals surface area contributed by atoms with E-state index in [1.165, 1.54) is 0 Å². The number of benzene rings is 2. The molecule has 0 spiro atoms. The van der Waals surface area contributed by atoms with Gasteiger partial charge in [-0.05, 0) is 47.7 Å². The zero-order valence-electron chi connectivity index (χ0n) is 15.1. The van der Waals surface area contributed by atoms with Crippen LogP contribution in [-0.2, 0) is 9.59 Å². The number of ether oxygens (including phenoxy) is 1. The van der Waals surface area contributed by atoms with E-state index in [4.69, 9.17) is 27.9 Å². The number of imide groups is 1. The Kier molecular flexibility index (Phi) is 7.19. The number of carbonyl (C=O) groups is 3. The number of thioether (sulfide) groups is 1. The second-order valence-corrected chi connectivity index (χ2v) is 7.77. The Morgan fingerprint density at radius 3 is 2.59 bits per heavy atom. The van der Waals surface area contributed by atoms with Gasteiger partial charge >= 0.3 is 0 Å². The predicted octanol–water partition coefficient (Wildman–Crippen LogP) is 4.22. The molecule has 1 saturated heterocycles. The Labute approximate surface area is 181 Å². The van der Waals surface area contributed by atoms with Crippen LogP contribution in [0, 0.1) is 0 Å². The number of hydrogen-bond acceptors (Lipinski definition) is 5. The molecular weight excluding hydrogens is 435 g/mol. The first-order valence-corrected chi connectivity index (χ1v) is 10.2. The van der Waals surface area contributed by atoms with Crippen molar-refractivity contribution in [2.45, 2.75) is 0 Å². The average Bonchev–Trinajstić information content (AvgIpc) is 2.97. The Balaban J connectivity index is 1.50. The molecule has 6 nitrogen and oxygen atoms in total. The van der Waals surface area contributed by atoms with E-state index in [0.717, 1.165) is 16.7 Å². The van der Waals surface area contributed by atoms with E-state index < -0.39 is 11.1 Å². The van der Waals surface area contributed by atoms with Crippen molar-refractivity contribution in [2.24, 2.45) is 0 Å². The molecule has 150 valence electrons. The maximum Gasteiger partial charge on any atom is 0.293 e. The summed E-state index contributed by atoms with van der Waals surface area (Å²) in [6.07, 6.45) is 1.58. The van der Waals surface area contributed by atoms with Crippen LogP contribution < -0.4 is 10.1 Å². The van der Waals surface area contributed by atoms with Crippen LogP contribution in [0.4, 0.5) is 4.79 Å². The van der Waals surface area contributed by atoms with Crippen molar-refractivity contribution in [3.63, 3.8) is 0 Å². The lowest BCUT2D eigenvalue weighted by atomic mass is 10.2. The van der Waals surface area contributed by atoms with Crippen molar-refractivity contribution < 1.29 is 19.1 Å². The van der Waals surface area contributed by atoms with E-state index in [9.17, 15) is 14.4 Å². The van der Waals surface area contributed by atoms with Crippen LogP contribution in [0.5, 0.6) is 5.75 Å². The molecule has 29 heavy (non-hydrogen) atoms. The Morgan fingerprint density at radius 1 is 1.10 bits per heavy atom. The third kappa shape index (κ3) is 5.76. The summed E-state index contributed by atoms with van der Waals surface area (Å²) < 4.78 is 5.34. The van der Waals surface area contributed by atoms with Crippen molar-refractivity contribution in [1.29, 1.82) is 0 Å². The smallest absolute Gasteiger partial charge is 0.293 e. The van der Waals surface area contributed by atoms with Crippen LogP contribution >= 0.6 is 35.0 Å². The van der Waals surface area contributed by atoms with Crippen molar-refractivity contribution in [1.82, 2.24) is 10.2 Å². The van der Waals surface area contributed by atoms with Gasteiger partial charge in [-0.1, -0.05) is 47.5 Å². The summed E-state index contributed by atoms with van der Waals surface area (Å²) in [5.41, 5.74) is 0.663. The molecule has 2 aromatic rings. The van der Waals surface area contributed by atoms with Crippen molar-refractivity contribution in [2.75, 3.05) is 19.7 Å². The molecule has 0 unspecified atom stereocenters. The lowest BCUT2D eigenvalue weighted by Gasteiger charge is -2.13. The van der Waals surface area contributed by atoms with Gasteiger partial charge in [-0.3, -0.25) is 19.3 Å². The van der Waals surface area contributed by atoms with Gasteiger partial charge in [0.25, 0.3) is 17.1 Å². The van der Waals surface area contributed by atoms with Crippen LogP contribution in [0.25, 0.3) is 6.08 Å². The molecule has 0 atom stereocenters. The highest BCUT2D eigenvalue weighted by molar-refractivity contribution is 8.18. The third-order valence-electron chi connectivity index (χ3n) is 3.89. The standard InChI is InChI=1S/C20H16Cl2N2O4S/c21-15-7-6-13(10-16(15)22)11-17-19(26)24(20(27)29-17)9-8-23-18(25)12-28-14-4-2-1-3-5-14/h1-7,10-11H,8-9,12H2,(H,23,25)/b17-11-. The normalized spacial score (nSPS) is 15.1. The van der Waals surface area contributed by atoms with Crippen molar-refractivity contribution in [3.05, 3.63) is 69.0 Å². The van der Waals surface area contributed by atoms with Gasteiger partial charge in [0.2, 0.25) is 0 Å². The predicted molar refractivity (Wildman–Crippen MR) is 114 cm³/mol. The van der Waals surface area contributed by atoms with E-state index in [2.05, 4.69) is 5.32 Å². The first kappa shape index (κ1) is 21.2. The van der Waals surface area contributed by atoms with Gasteiger partial charge < -0.3 is 10.1 Å². The van der Waals surface area contributed by atoms with Crippen LogP contribution in [0.2, 0.25) is 10.0 Å². The van der Waals surface area contributed by atoms with Gasteiger partial charge in [0.1, 0.15) is 5.75 Å². The molecule has 1 aliphatic heterocycles. The number of nitrogens with zero attached hydrogens (tertiary/aromatic N) is 1. The molecule has 1 heterocycles. The first-order chi connectivity index (χ1) is 13.9. The molecule has 1 aliphatic rings. The number of nitrogens with one attached hydrogen (secondary N) is 1. The summed E-state index contributed by atoms with van der Waals surface area (Å²) in [6, 6.07) is 13.9. The zero-order valence-corrected chi connectivity index (χ0v) is 17.4. The summed E-state index contributed by atoms with van der Waals surface area (Å²) >= 11 is 12.7. The van der Waals surface area contributed by atoms with Crippen LogP contribution in [0.3, 0.4) is 0 Å². The van der Waals surface area contributed by atoms with Crippen LogP contribution in [-0.4, -0.2) is 41.6 Å². The number of amides is 3. The number of halogens is 2. The van der Waals surface area contributed by atoms with Crippen molar-refractivity contribution in [3.8, 4) is 5.75 Å². The fraction of sp³-hybridized carbons (Fsp3) is 0.150. The summed E-state index contributed by atoms with van der Waals surface area (Å²) in [5.74, 6) is -0.172. The zero-order chi connectivity index (χ0) is 20.8. The highest BCUT2D eigenvalue weighted by Crippen LogP contribution is 2.33. The van der Waals surface area contributed by atoms with E-state index >= 15 is 0 Å². The lowest BCUT2D eigenvalue weighted by Crippen LogP contribution is -2.38. The summed E-state index contributed by atoms with van der Waals surface area (Å²) in [7, 11) is 0. The molecule has 0 aliphatic carbocycles. The van der Waals surface area contributed by atoms with Gasteiger partial charge in [-0.25, -0.2) is 0 Å². The fourth-order valence-electron chi connectivity index (χ4n) is 2.47. The fourth-order valence-corrected chi connectivity index (χ4v) is 3.64. The molecule has 0 aromatic heterocycles. The molecule has 3 amide bonds. The molecule has 3 rings (SSSR count). The summed E-state index contributed by atoms with van der Waals surface area (Å²) in [6.45, 7) is 0.0542. The second kappa shape index (κ2) is 9.82. The van der Waals surface area contributed by atoms with Crippen LogP contribution in [0.1, 0.15) is 5.56 Å². The van der Waals surface area contributed by atoms with E-state index in [1.807, 2.05) is 6.07 Å². The Morgan fingerprint density at radius 2 is 1.86 bits per heavy atom. The summed E-state index contributed by atoms with van der Waals surface area (Å²) in [4.78, 5) is 37.8. The topological polar surface area (TPSA) is 75.7 Å². The number of rotatable bonds is 7. The minimum atomic E-state index is -0.416. The molecule has 1 fully saturated rings. The minimum Gasteiger partial charge on any atom is -0.484 e. The van der Waals surface area contributed by atoms with Crippen LogP contribution in [0.15, 0.2) is 53.4 Å². The maximum atomic E-state index is 12.5. The molecule has 2 aromatic carbocycles. The monoisotopic (exact) mass is 450 g/mol. The molecule has 0 bridgehead atoms. The van der Waals surface area contributed by atoms with Gasteiger partial charge in [0, 0.05) is 13.1 Å². The number of carbonyl (C=O) groups excluding carboxylic acids is 3. The molecule has 0 radical (unpaired) electrons. The second-order valence-electron chi connectivity index (χ2n) is 5.96. The van der Waals surface area contributed by atoms with Gasteiger partial charge in [0.05, 0.1) is 15.0 Å². The average molecular weight is 451 g/mol. The molecule has 0 saturated carbocycles. The highest BCUT2D eigenvalue weighted by atomic mass is 35.5. The quantitative estimate of drug-likeness (QED) is 0.638. The van der Waals surface area contributed by atoms with Crippen molar-refractivity contribution >= 4 is 58.1 Å². The van der Waals surface area contributed by atoms with Gasteiger partial charge in [0.15, 0.2) is 6.61 Å². The highest BCUT2D eigenvalue weighted by Gasteiger charge is 2.34. The first-order valence-electron chi connectivity index (χ1n) is 8.59. The maximum absolute atomic E-state index is 12.5. The molecular formula is C20H16Cl2N2O4S. The number of hydrogen-bond donors (Lipinski definition) is 1. The largest absolute Gasteiger partial charge is 0.484 e. The molecule has 9 heteroatoms. The SMILES string of the molecule is O=C(COc1ccccc1)NCCN1C(=O)S/C(=C\c2ccc(Cl)c(Cl)c2)C1=O. The number of para-hydroxylation sites is 1. The summed E-state index contributed by atoms with van der Waals surface area (Å²) in [5, 5.41) is 3.00. The van der Waals surface area contributed by atoms with Gasteiger partial charge in [-0.2, -0.15) is 0 Å². The lowest BCUT2D eigenvalue weighted by molar-refractivity contribution is -0.125. The molecule has 1 N–H and O–H groups in total. The van der Waals surface area contributed by atoms with E-state index in [0.29, 0.717) is 21.4 Å². The van der Waals surface area contributed by atoms with E-state index in [1.54, 1.807) is 48.5 Å². The van der Waals surface area contributed by atoms with E-state index in [-0.39, 0.29) is 30.5 Å². The Hall–Kier alpha value is -2.48. The third-order valence-corrected chi connectivity index (χ3v) is 5.53. The Bertz CT molecular complexity index is 966. The minimum absolute atomic E-state index is 0.0699.